The fraction of sp³-hybridized carbons (Fsp3) is 0.700. The number of piperazine rings is 1. The molecule has 3 saturated heterocycles. The lowest BCUT2D eigenvalue weighted by Gasteiger charge is -2.39. The summed E-state index contributed by atoms with van der Waals surface area (Å²) >= 11 is 1.21. The highest BCUT2D eigenvalue weighted by molar-refractivity contribution is 7.91. The van der Waals surface area contributed by atoms with Crippen LogP contribution in [0.15, 0.2) is 21.7 Å². The highest BCUT2D eigenvalue weighted by atomic mass is 32.2. The molecule has 4 rings (SSSR count). The molecule has 0 radical (unpaired) electrons. The smallest absolute Gasteiger partial charge is 0.252 e. The van der Waals surface area contributed by atoms with Crippen molar-refractivity contribution in [3.05, 3.63) is 17.5 Å². The van der Waals surface area contributed by atoms with Crippen LogP contribution in [0.5, 0.6) is 0 Å². The van der Waals surface area contributed by atoms with Crippen molar-refractivity contribution in [2.75, 3.05) is 72.1 Å². The zero-order valence-electron chi connectivity index (χ0n) is 17.6. The molecule has 1 aromatic rings. The topological polar surface area (TPSA) is 90.5 Å². The highest BCUT2D eigenvalue weighted by Gasteiger charge is 2.36. The number of ether oxygens (including phenoxy) is 1. The summed E-state index contributed by atoms with van der Waals surface area (Å²) in [6.07, 6.45) is 1.40. The highest BCUT2D eigenvalue weighted by Crippen LogP contribution is 2.27. The molecule has 9 nitrogen and oxygen atoms in total. The summed E-state index contributed by atoms with van der Waals surface area (Å²) in [5, 5.41) is 1.75. The molecule has 3 aliphatic heterocycles. The average Bonchev–Trinajstić information content (AvgIpc) is 3.36. The number of nitrogens with zero attached hydrogens (tertiary/aromatic N) is 4. The first kappa shape index (κ1) is 22.7. The maximum Gasteiger partial charge on any atom is 0.252 e. The summed E-state index contributed by atoms with van der Waals surface area (Å²) in [4.78, 5) is 31.3. The van der Waals surface area contributed by atoms with Gasteiger partial charge in [-0.2, -0.15) is 4.31 Å². The van der Waals surface area contributed by atoms with Crippen LogP contribution in [-0.2, 0) is 24.3 Å². The standard InChI is InChI=1S/C20H30N4O5S2/c25-18(22-10-12-29-13-11-22)16-21-6-8-23(9-7-21)20(26)17-3-1-5-24(15-17)31(27,28)19-4-2-14-30-19/h2,4,14,17H,1,3,5-13,15-16H2. The fourth-order valence-electron chi connectivity index (χ4n) is 4.39. The molecule has 0 bridgehead atoms. The summed E-state index contributed by atoms with van der Waals surface area (Å²) in [7, 11) is -3.53. The number of piperidine rings is 1. The van der Waals surface area contributed by atoms with Gasteiger partial charge in [-0.25, -0.2) is 8.42 Å². The number of amides is 2. The third kappa shape index (κ3) is 5.28. The van der Waals surface area contributed by atoms with Gasteiger partial charge in [0.2, 0.25) is 11.8 Å². The second-order valence-corrected chi connectivity index (χ2v) is 11.3. The minimum atomic E-state index is -3.53. The Balaban J connectivity index is 1.28. The second-order valence-electron chi connectivity index (χ2n) is 8.23. The molecule has 1 atom stereocenters. The third-order valence-electron chi connectivity index (χ3n) is 6.23. The summed E-state index contributed by atoms with van der Waals surface area (Å²) in [6, 6.07) is 3.34. The van der Waals surface area contributed by atoms with E-state index in [1.165, 1.54) is 15.6 Å². The number of sulfonamides is 1. The van der Waals surface area contributed by atoms with Crippen molar-refractivity contribution in [2.45, 2.75) is 17.1 Å². The van der Waals surface area contributed by atoms with Crippen LogP contribution in [0, 0.1) is 5.92 Å². The van der Waals surface area contributed by atoms with E-state index in [-0.39, 0.29) is 24.3 Å². The number of hydrogen-bond donors (Lipinski definition) is 0. The second kappa shape index (κ2) is 9.95. The Kier molecular flexibility index (Phi) is 7.27. The van der Waals surface area contributed by atoms with E-state index in [1.54, 1.807) is 17.5 Å². The van der Waals surface area contributed by atoms with Crippen molar-refractivity contribution in [3.63, 3.8) is 0 Å². The maximum absolute atomic E-state index is 13.1. The number of thiophene rings is 1. The first-order chi connectivity index (χ1) is 14.9. The number of hydrogen-bond acceptors (Lipinski definition) is 7. The van der Waals surface area contributed by atoms with E-state index < -0.39 is 10.0 Å². The summed E-state index contributed by atoms with van der Waals surface area (Å²) in [5.41, 5.74) is 0. The van der Waals surface area contributed by atoms with Crippen LogP contribution in [-0.4, -0.2) is 111 Å². The van der Waals surface area contributed by atoms with Gasteiger partial charge in [-0.3, -0.25) is 14.5 Å². The van der Waals surface area contributed by atoms with E-state index in [0.717, 1.165) is 0 Å². The zero-order chi connectivity index (χ0) is 21.8. The average molecular weight is 471 g/mol. The number of carbonyl (C=O) groups excluding carboxylic acids is 2. The number of rotatable bonds is 5. The predicted molar refractivity (Wildman–Crippen MR) is 116 cm³/mol. The molecular formula is C20H30N4O5S2. The van der Waals surface area contributed by atoms with Crippen molar-refractivity contribution in [2.24, 2.45) is 5.92 Å². The molecule has 0 spiro atoms. The van der Waals surface area contributed by atoms with Gasteiger partial charge < -0.3 is 14.5 Å². The van der Waals surface area contributed by atoms with Crippen molar-refractivity contribution >= 4 is 33.2 Å². The Morgan fingerprint density at radius 2 is 1.77 bits per heavy atom. The Morgan fingerprint density at radius 3 is 2.45 bits per heavy atom. The van der Waals surface area contributed by atoms with Crippen LogP contribution >= 0.6 is 11.3 Å². The van der Waals surface area contributed by atoms with Crippen LogP contribution in [0.2, 0.25) is 0 Å². The largest absolute Gasteiger partial charge is 0.378 e. The third-order valence-corrected chi connectivity index (χ3v) is 9.47. The molecule has 11 heteroatoms. The van der Waals surface area contributed by atoms with Gasteiger partial charge in [-0.1, -0.05) is 6.07 Å². The fourth-order valence-corrected chi connectivity index (χ4v) is 7.06. The van der Waals surface area contributed by atoms with E-state index >= 15 is 0 Å². The minimum absolute atomic E-state index is 0.0326. The van der Waals surface area contributed by atoms with Gasteiger partial charge in [-0.15, -0.1) is 11.3 Å². The lowest BCUT2D eigenvalue weighted by molar-refractivity contribution is -0.140. The van der Waals surface area contributed by atoms with E-state index in [1.807, 2.05) is 9.80 Å². The minimum Gasteiger partial charge on any atom is -0.378 e. The lowest BCUT2D eigenvalue weighted by atomic mass is 9.98. The maximum atomic E-state index is 13.1. The van der Waals surface area contributed by atoms with Gasteiger partial charge in [-0.05, 0) is 24.3 Å². The van der Waals surface area contributed by atoms with Crippen molar-refractivity contribution < 1.29 is 22.7 Å². The molecule has 4 heterocycles. The van der Waals surface area contributed by atoms with Gasteiger partial charge in [0.15, 0.2) is 0 Å². The molecule has 0 N–H and O–H groups in total. The molecule has 0 aliphatic carbocycles. The lowest BCUT2D eigenvalue weighted by Crippen LogP contribution is -2.55. The first-order valence-corrected chi connectivity index (χ1v) is 13.2. The predicted octanol–water partition coefficient (Wildman–Crippen LogP) is 0.152. The van der Waals surface area contributed by atoms with Gasteiger partial charge in [0.05, 0.1) is 25.7 Å². The monoisotopic (exact) mass is 470 g/mol. The first-order valence-electron chi connectivity index (χ1n) is 10.9. The normalized spacial score (nSPS) is 24.3. The van der Waals surface area contributed by atoms with Crippen LogP contribution < -0.4 is 0 Å². The summed E-state index contributed by atoms with van der Waals surface area (Å²) in [5.74, 6) is -0.153. The Labute approximate surface area is 187 Å². The molecule has 0 saturated carbocycles. The van der Waals surface area contributed by atoms with Gasteiger partial charge in [0.1, 0.15) is 4.21 Å². The van der Waals surface area contributed by atoms with Crippen LogP contribution in [0.25, 0.3) is 0 Å². The van der Waals surface area contributed by atoms with E-state index in [2.05, 4.69) is 4.90 Å². The van der Waals surface area contributed by atoms with Crippen LogP contribution in [0.4, 0.5) is 0 Å². The van der Waals surface area contributed by atoms with Gasteiger partial charge in [0.25, 0.3) is 10.0 Å². The van der Waals surface area contributed by atoms with Crippen molar-refractivity contribution in [1.29, 1.82) is 0 Å². The molecular weight excluding hydrogens is 440 g/mol. The molecule has 1 aromatic heterocycles. The molecule has 3 aliphatic rings. The molecule has 1 unspecified atom stereocenters. The van der Waals surface area contributed by atoms with Crippen LogP contribution in [0.1, 0.15) is 12.8 Å². The Morgan fingerprint density at radius 1 is 1.03 bits per heavy atom. The molecule has 2 amide bonds. The Bertz CT molecular complexity index is 862. The zero-order valence-corrected chi connectivity index (χ0v) is 19.3. The SMILES string of the molecule is O=C(CN1CCN(C(=O)C2CCCN(S(=O)(=O)c3cccs3)C2)CC1)N1CCOCC1. The van der Waals surface area contributed by atoms with Gasteiger partial charge >= 0.3 is 0 Å². The van der Waals surface area contributed by atoms with E-state index in [9.17, 15) is 18.0 Å². The van der Waals surface area contributed by atoms with E-state index in [4.69, 9.17) is 4.74 Å². The van der Waals surface area contributed by atoms with Crippen molar-refractivity contribution in [1.82, 2.24) is 19.0 Å². The van der Waals surface area contributed by atoms with E-state index in [0.29, 0.717) is 82.6 Å². The van der Waals surface area contributed by atoms with Crippen molar-refractivity contribution in [3.8, 4) is 0 Å². The molecule has 3 fully saturated rings. The summed E-state index contributed by atoms with van der Waals surface area (Å²) in [6.45, 7) is 6.01. The Hall–Kier alpha value is -1.53. The molecule has 0 aromatic carbocycles. The van der Waals surface area contributed by atoms with Gasteiger partial charge in [0, 0.05) is 52.4 Å². The number of carbonyl (C=O) groups is 2. The molecule has 172 valence electrons. The quantitative estimate of drug-likeness (QED) is 0.609. The molecule has 31 heavy (non-hydrogen) atoms. The number of morpholine rings is 1. The summed E-state index contributed by atoms with van der Waals surface area (Å²) < 4.78 is 32.7. The van der Waals surface area contributed by atoms with Crippen LogP contribution in [0.3, 0.4) is 0 Å².